The number of para-hydroxylation sites is 1. The molecule has 2 aromatic rings. The van der Waals surface area contributed by atoms with E-state index in [0.29, 0.717) is 11.3 Å². The number of nitrogens with two attached hydrogens (primary N) is 1. The molecule has 6 nitrogen and oxygen atoms in total. The van der Waals surface area contributed by atoms with Crippen LogP contribution in [0.5, 0.6) is 5.75 Å². The number of hydrogen-bond acceptors (Lipinski definition) is 4. The zero-order valence-electron chi connectivity index (χ0n) is 11.7. The van der Waals surface area contributed by atoms with Crippen LogP contribution in [0.2, 0.25) is 0 Å². The maximum atomic E-state index is 12.1. The van der Waals surface area contributed by atoms with Gasteiger partial charge >= 0.3 is 0 Å². The standard InChI is InChI=1S/C16H15N3O3/c17-14(20)9-22-11-7-5-10(6-8-11)15-18-13-4-2-1-3-12(13)16(21)19-15/h1-8,15,18H,9H2,(H2,17,20)(H,19,21). The third-order valence-electron chi connectivity index (χ3n) is 3.34. The van der Waals surface area contributed by atoms with Crippen LogP contribution in [0.1, 0.15) is 22.1 Å². The first-order valence-corrected chi connectivity index (χ1v) is 6.81. The number of primary amides is 1. The second-order valence-corrected chi connectivity index (χ2v) is 4.92. The van der Waals surface area contributed by atoms with E-state index in [2.05, 4.69) is 10.6 Å². The molecule has 0 aliphatic carbocycles. The lowest BCUT2D eigenvalue weighted by atomic mass is 10.1. The Balaban J connectivity index is 1.75. The van der Waals surface area contributed by atoms with Crippen LogP contribution in [0.4, 0.5) is 5.69 Å². The maximum absolute atomic E-state index is 12.1. The molecule has 0 bridgehead atoms. The number of nitrogens with one attached hydrogen (secondary N) is 2. The van der Waals surface area contributed by atoms with Crippen molar-refractivity contribution in [1.82, 2.24) is 5.32 Å². The minimum Gasteiger partial charge on any atom is -0.484 e. The van der Waals surface area contributed by atoms with Crippen molar-refractivity contribution in [3.05, 3.63) is 59.7 Å². The predicted molar refractivity (Wildman–Crippen MR) is 81.4 cm³/mol. The van der Waals surface area contributed by atoms with Crippen LogP contribution in [0.3, 0.4) is 0 Å². The van der Waals surface area contributed by atoms with Gasteiger partial charge in [0.05, 0.1) is 5.56 Å². The van der Waals surface area contributed by atoms with Crippen molar-refractivity contribution in [2.75, 3.05) is 11.9 Å². The van der Waals surface area contributed by atoms with Gasteiger partial charge in [0.2, 0.25) is 0 Å². The molecular formula is C16H15N3O3. The van der Waals surface area contributed by atoms with Gasteiger partial charge in [-0.1, -0.05) is 24.3 Å². The lowest BCUT2D eigenvalue weighted by molar-refractivity contribution is -0.119. The number of carbonyl (C=O) groups is 2. The summed E-state index contributed by atoms with van der Waals surface area (Å²) >= 11 is 0. The first-order valence-electron chi connectivity index (χ1n) is 6.81. The smallest absolute Gasteiger partial charge is 0.255 e. The van der Waals surface area contributed by atoms with Gasteiger partial charge in [0.25, 0.3) is 11.8 Å². The first kappa shape index (κ1) is 13.9. The summed E-state index contributed by atoms with van der Waals surface area (Å²) in [6.45, 7) is -0.162. The summed E-state index contributed by atoms with van der Waals surface area (Å²) in [5.74, 6) is -0.0969. The molecule has 1 aliphatic heterocycles. The van der Waals surface area contributed by atoms with Crippen molar-refractivity contribution in [3.63, 3.8) is 0 Å². The van der Waals surface area contributed by atoms with E-state index in [1.165, 1.54) is 0 Å². The number of amides is 2. The lowest BCUT2D eigenvalue weighted by Crippen LogP contribution is -2.38. The molecule has 0 spiro atoms. The van der Waals surface area contributed by atoms with E-state index in [9.17, 15) is 9.59 Å². The monoisotopic (exact) mass is 297 g/mol. The Labute approximate surface area is 127 Å². The number of anilines is 1. The van der Waals surface area contributed by atoms with Crippen LogP contribution in [0.15, 0.2) is 48.5 Å². The second kappa shape index (κ2) is 5.77. The Bertz CT molecular complexity index is 713. The van der Waals surface area contributed by atoms with Gasteiger partial charge in [-0.3, -0.25) is 9.59 Å². The lowest BCUT2D eigenvalue weighted by Gasteiger charge is -2.28. The quantitative estimate of drug-likeness (QED) is 0.795. The zero-order chi connectivity index (χ0) is 15.5. The number of carbonyl (C=O) groups excluding carboxylic acids is 2. The Morgan fingerprint density at radius 2 is 1.82 bits per heavy atom. The summed E-state index contributed by atoms with van der Waals surface area (Å²) in [7, 11) is 0. The van der Waals surface area contributed by atoms with Crippen molar-refractivity contribution < 1.29 is 14.3 Å². The summed E-state index contributed by atoms with van der Waals surface area (Å²) < 4.78 is 5.20. The van der Waals surface area contributed by atoms with Crippen molar-refractivity contribution in [1.29, 1.82) is 0 Å². The maximum Gasteiger partial charge on any atom is 0.255 e. The fourth-order valence-corrected chi connectivity index (χ4v) is 2.29. The molecule has 6 heteroatoms. The number of rotatable bonds is 4. The highest BCUT2D eigenvalue weighted by Crippen LogP contribution is 2.27. The molecule has 112 valence electrons. The van der Waals surface area contributed by atoms with Gasteiger partial charge in [0.15, 0.2) is 6.61 Å². The minimum atomic E-state index is -0.526. The van der Waals surface area contributed by atoms with Gasteiger partial charge in [-0.15, -0.1) is 0 Å². The summed E-state index contributed by atoms with van der Waals surface area (Å²) in [6.07, 6.45) is -0.312. The molecule has 0 saturated heterocycles. The highest BCUT2D eigenvalue weighted by Gasteiger charge is 2.23. The van der Waals surface area contributed by atoms with Gasteiger partial charge < -0.3 is 21.1 Å². The molecule has 1 atom stereocenters. The molecule has 0 aromatic heterocycles. The summed E-state index contributed by atoms with van der Waals surface area (Å²) in [5, 5.41) is 6.16. The van der Waals surface area contributed by atoms with E-state index in [-0.39, 0.29) is 18.7 Å². The molecule has 2 amide bonds. The second-order valence-electron chi connectivity index (χ2n) is 4.92. The predicted octanol–water partition coefficient (Wildman–Crippen LogP) is 1.40. The van der Waals surface area contributed by atoms with Gasteiger partial charge in [0, 0.05) is 5.69 Å². The normalized spacial score (nSPS) is 16.2. The van der Waals surface area contributed by atoms with Crippen LogP contribution in [-0.2, 0) is 4.79 Å². The fourth-order valence-electron chi connectivity index (χ4n) is 2.29. The van der Waals surface area contributed by atoms with Crippen LogP contribution < -0.4 is 21.1 Å². The van der Waals surface area contributed by atoms with Crippen LogP contribution in [0.25, 0.3) is 0 Å². The molecule has 1 heterocycles. The van der Waals surface area contributed by atoms with Crippen LogP contribution in [-0.4, -0.2) is 18.4 Å². The van der Waals surface area contributed by atoms with Crippen molar-refractivity contribution >= 4 is 17.5 Å². The molecular weight excluding hydrogens is 282 g/mol. The van der Waals surface area contributed by atoms with Crippen molar-refractivity contribution in [3.8, 4) is 5.75 Å². The zero-order valence-corrected chi connectivity index (χ0v) is 11.7. The fraction of sp³-hybridized carbons (Fsp3) is 0.125. The molecule has 4 N–H and O–H groups in total. The summed E-state index contributed by atoms with van der Waals surface area (Å²) in [4.78, 5) is 22.8. The van der Waals surface area contributed by atoms with Crippen LogP contribution >= 0.6 is 0 Å². The highest BCUT2D eigenvalue weighted by atomic mass is 16.5. The SMILES string of the molecule is NC(=O)COc1ccc(C2NC(=O)c3ccccc3N2)cc1. The minimum absolute atomic E-state index is 0.117. The third-order valence-corrected chi connectivity index (χ3v) is 3.34. The molecule has 0 saturated carbocycles. The molecule has 22 heavy (non-hydrogen) atoms. The molecule has 1 unspecified atom stereocenters. The Hall–Kier alpha value is -3.02. The molecule has 3 rings (SSSR count). The average molecular weight is 297 g/mol. The van der Waals surface area contributed by atoms with Crippen molar-refractivity contribution in [2.24, 2.45) is 5.73 Å². The molecule has 2 aromatic carbocycles. The number of fused-ring (bicyclic) bond motifs is 1. The van der Waals surface area contributed by atoms with Crippen molar-refractivity contribution in [2.45, 2.75) is 6.17 Å². The summed E-state index contributed by atoms with van der Waals surface area (Å²) in [5.41, 5.74) is 7.33. The van der Waals surface area contributed by atoms with Crippen LogP contribution in [0, 0.1) is 0 Å². The van der Waals surface area contributed by atoms with E-state index in [0.717, 1.165) is 11.3 Å². The number of ether oxygens (including phenoxy) is 1. The molecule has 0 fully saturated rings. The first-order chi connectivity index (χ1) is 10.6. The topological polar surface area (TPSA) is 93.5 Å². The van der Waals surface area contributed by atoms with E-state index in [1.807, 2.05) is 30.3 Å². The van der Waals surface area contributed by atoms with Gasteiger partial charge in [-0.05, 0) is 29.8 Å². The van der Waals surface area contributed by atoms with E-state index in [4.69, 9.17) is 10.5 Å². The number of benzene rings is 2. The highest BCUT2D eigenvalue weighted by molar-refractivity contribution is 6.01. The average Bonchev–Trinajstić information content (AvgIpc) is 2.53. The largest absolute Gasteiger partial charge is 0.484 e. The van der Waals surface area contributed by atoms with Gasteiger partial charge in [-0.2, -0.15) is 0 Å². The third kappa shape index (κ3) is 2.85. The van der Waals surface area contributed by atoms with E-state index < -0.39 is 5.91 Å². The molecule has 0 radical (unpaired) electrons. The summed E-state index contributed by atoms with van der Waals surface area (Å²) in [6, 6.07) is 14.4. The Morgan fingerprint density at radius 3 is 2.55 bits per heavy atom. The van der Waals surface area contributed by atoms with E-state index in [1.54, 1.807) is 18.2 Å². The van der Waals surface area contributed by atoms with E-state index >= 15 is 0 Å². The van der Waals surface area contributed by atoms with Gasteiger partial charge in [-0.25, -0.2) is 0 Å². The molecule has 1 aliphatic rings. The Morgan fingerprint density at radius 1 is 1.09 bits per heavy atom. The Kier molecular flexibility index (Phi) is 3.65. The number of hydrogen-bond donors (Lipinski definition) is 3. The van der Waals surface area contributed by atoms with Gasteiger partial charge in [0.1, 0.15) is 11.9 Å².